The standard InChI is InChI=1S/C16H28N4/c1-3-15-13-20(12-8-6-10-18)16(4-2)14-19(15)11-7-5-9-17/h15-16H,3-8,11-14H2,1-2H3/t15-,16-/m1/s1. The molecule has 1 fully saturated rings. The Labute approximate surface area is 124 Å². The first kappa shape index (κ1) is 17.0. The molecule has 0 unspecified atom stereocenters. The van der Waals surface area contributed by atoms with E-state index in [2.05, 4.69) is 35.8 Å². The lowest BCUT2D eigenvalue weighted by Gasteiger charge is -2.46. The Morgan fingerprint density at radius 1 is 0.850 bits per heavy atom. The third-order valence-corrected chi connectivity index (χ3v) is 4.33. The topological polar surface area (TPSA) is 54.1 Å². The van der Waals surface area contributed by atoms with Gasteiger partial charge in [0.1, 0.15) is 0 Å². The minimum absolute atomic E-state index is 0.610. The fourth-order valence-electron chi connectivity index (χ4n) is 3.12. The number of unbranched alkanes of at least 4 members (excludes halogenated alkanes) is 2. The van der Waals surface area contributed by atoms with Crippen LogP contribution in [0.5, 0.6) is 0 Å². The molecule has 1 rings (SSSR count). The van der Waals surface area contributed by atoms with Gasteiger partial charge in [-0.05, 0) is 38.8 Å². The van der Waals surface area contributed by atoms with Gasteiger partial charge >= 0.3 is 0 Å². The van der Waals surface area contributed by atoms with E-state index in [9.17, 15) is 0 Å². The van der Waals surface area contributed by atoms with Crippen LogP contribution in [-0.4, -0.2) is 48.1 Å². The summed E-state index contributed by atoms with van der Waals surface area (Å²) in [6, 6.07) is 5.70. The van der Waals surface area contributed by atoms with Gasteiger partial charge in [-0.25, -0.2) is 0 Å². The molecule has 0 aromatic heterocycles. The zero-order valence-corrected chi connectivity index (χ0v) is 13.0. The molecule has 1 aliphatic rings. The SMILES string of the molecule is CC[C@@H]1CN(CCCC#N)[C@H](CC)CN1CCCC#N. The van der Waals surface area contributed by atoms with Crippen LogP contribution in [0.4, 0.5) is 0 Å². The largest absolute Gasteiger partial charge is 0.298 e. The van der Waals surface area contributed by atoms with Gasteiger partial charge in [0.05, 0.1) is 12.1 Å². The van der Waals surface area contributed by atoms with E-state index in [1.54, 1.807) is 0 Å². The minimum Gasteiger partial charge on any atom is -0.298 e. The Hall–Kier alpha value is -1.10. The number of piperazine rings is 1. The summed E-state index contributed by atoms with van der Waals surface area (Å²) >= 11 is 0. The summed E-state index contributed by atoms with van der Waals surface area (Å²) in [5.41, 5.74) is 0. The molecule has 0 aromatic carbocycles. The number of nitriles is 2. The van der Waals surface area contributed by atoms with Crippen molar-refractivity contribution in [3.8, 4) is 12.1 Å². The summed E-state index contributed by atoms with van der Waals surface area (Å²) in [7, 11) is 0. The number of hydrogen-bond donors (Lipinski definition) is 0. The first-order valence-corrected chi connectivity index (χ1v) is 7.98. The van der Waals surface area contributed by atoms with Gasteiger partial charge in [0.2, 0.25) is 0 Å². The molecule has 0 aliphatic carbocycles. The number of nitrogens with zero attached hydrogens (tertiary/aromatic N) is 4. The predicted octanol–water partition coefficient (Wildman–Crippen LogP) is 2.77. The van der Waals surface area contributed by atoms with Gasteiger partial charge in [-0.1, -0.05) is 13.8 Å². The minimum atomic E-state index is 0.610. The lowest BCUT2D eigenvalue weighted by atomic mass is 10.0. The fourth-order valence-corrected chi connectivity index (χ4v) is 3.12. The second kappa shape index (κ2) is 9.75. The van der Waals surface area contributed by atoms with Crippen LogP contribution >= 0.6 is 0 Å². The summed E-state index contributed by atoms with van der Waals surface area (Å²) in [4.78, 5) is 5.15. The lowest BCUT2D eigenvalue weighted by Crippen LogP contribution is -2.58. The Balaban J connectivity index is 2.53. The van der Waals surface area contributed by atoms with E-state index in [0.29, 0.717) is 24.9 Å². The average Bonchev–Trinajstić information content (AvgIpc) is 2.48. The summed E-state index contributed by atoms with van der Waals surface area (Å²) < 4.78 is 0. The van der Waals surface area contributed by atoms with Crippen LogP contribution < -0.4 is 0 Å². The highest BCUT2D eigenvalue weighted by atomic mass is 15.3. The Morgan fingerprint density at radius 2 is 1.25 bits per heavy atom. The summed E-state index contributed by atoms with van der Waals surface area (Å²) in [6.45, 7) is 8.84. The molecule has 0 amide bonds. The van der Waals surface area contributed by atoms with E-state index in [1.165, 1.54) is 0 Å². The van der Waals surface area contributed by atoms with Crippen molar-refractivity contribution in [3.05, 3.63) is 0 Å². The van der Waals surface area contributed by atoms with Crippen molar-refractivity contribution in [2.45, 2.75) is 64.5 Å². The molecule has 2 atom stereocenters. The summed E-state index contributed by atoms with van der Waals surface area (Å²) in [6.07, 6.45) is 5.62. The van der Waals surface area contributed by atoms with Crippen LogP contribution in [0.15, 0.2) is 0 Å². The van der Waals surface area contributed by atoms with E-state index in [4.69, 9.17) is 10.5 Å². The highest BCUT2D eigenvalue weighted by Crippen LogP contribution is 2.20. The van der Waals surface area contributed by atoms with Crippen molar-refractivity contribution in [1.29, 1.82) is 10.5 Å². The molecular weight excluding hydrogens is 248 g/mol. The van der Waals surface area contributed by atoms with Crippen LogP contribution in [0.25, 0.3) is 0 Å². The van der Waals surface area contributed by atoms with Crippen molar-refractivity contribution >= 4 is 0 Å². The number of rotatable bonds is 8. The maximum absolute atomic E-state index is 8.68. The zero-order valence-electron chi connectivity index (χ0n) is 13.0. The molecule has 1 heterocycles. The van der Waals surface area contributed by atoms with Gasteiger partial charge < -0.3 is 0 Å². The molecular formula is C16H28N4. The van der Waals surface area contributed by atoms with Crippen molar-refractivity contribution in [2.75, 3.05) is 26.2 Å². The van der Waals surface area contributed by atoms with E-state index < -0.39 is 0 Å². The van der Waals surface area contributed by atoms with Gasteiger partial charge in [-0.15, -0.1) is 0 Å². The van der Waals surface area contributed by atoms with E-state index in [0.717, 1.165) is 51.9 Å². The molecule has 20 heavy (non-hydrogen) atoms. The second-order valence-corrected chi connectivity index (χ2v) is 5.64. The maximum Gasteiger partial charge on any atom is 0.0622 e. The van der Waals surface area contributed by atoms with Gasteiger partial charge in [-0.2, -0.15) is 10.5 Å². The molecule has 0 aromatic rings. The summed E-state index contributed by atoms with van der Waals surface area (Å²) in [5.74, 6) is 0. The maximum atomic E-state index is 8.68. The average molecular weight is 276 g/mol. The van der Waals surface area contributed by atoms with Crippen LogP contribution in [0.1, 0.15) is 52.4 Å². The molecule has 112 valence electrons. The zero-order chi connectivity index (χ0) is 14.8. The Kier molecular flexibility index (Phi) is 8.26. The first-order chi connectivity index (χ1) is 9.76. The van der Waals surface area contributed by atoms with Crippen LogP contribution in [0.3, 0.4) is 0 Å². The van der Waals surface area contributed by atoms with E-state index in [-0.39, 0.29) is 0 Å². The molecule has 0 bridgehead atoms. The monoisotopic (exact) mass is 276 g/mol. The Bertz CT molecular complexity index is 307. The first-order valence-electron chi connectivity index (χ1n) is 7.98. The highest BCUT2D eigenvalue weighted by molar-refractivity contribution is 4.88. The van der Waals surface area contributed by atoms with Crippen LogP contribution in [-0.2, 0) is 0 Å². The van der Waals surface area contributed by atoms with Gasteiger partial charge in [0.15, 0.2) is 0 Å². The molecule has 1 aliphatic heterocycles. The fraction of sp³-hybridized carbons (Fsp3) is 0.875. The summed E-state index contributed by atoms with van der Waals surface area (Å²) in [5, 5.41) is 17.4. The molecule has 0 saturated carbocycles. The third-order valence-electron chi connectivity index (χ3n) is 4.33. The van der Waals surface area contributed by atoms with E-state index in [1.807, 2.05) is 0 Å². The van der Waals surface area contributed by atoms with E-state index >= 15 is 0 Å². The molecule has 0 spiro atoms. The number of hydrogen-bond acceptors (Lipinski definition) is 4. The molecule has 0 radical (unpaired) electrons. The smallest absolute Gasteiger partial charge is 0.0622 e. The second-order valence-electron chi connectivity index (χ2n) is 5.64. The molecule has 4 heteroatoms. The van der Waals surface area contributed by atoms with Crippen molar-refractivity contribution in [3.63, 3.8) is 0 Å². The molecule has 0 N–H and O–H groups in total. The van der Waals surface area contributed by atoms with Gasteiger partial charge in [0.25, 0.3) is 0 Å². The highest BCUT2D eigenvalue weighted by Gasteiger charge is 2.31. The lowest BCUT2D eigenvalue weighted by molar-refractivity contribution is 0.0239. The van der Waals surface area contributed by atoms with Crippen LogP contribution in [0.2, 0.25) is 0 Å². The normalized spacial score (nSPS) is 24.2. The van der Waals surface area contributed by atoms with Crippen molar-refractivity contribution < 1.29 is 0 Å². The van der Waals surface area contributed by atoms with Gasteiger partial charge in [-0.3, -0.25) is 9.80 Å². The molecule has 1 saturated heterocycles. The molecule has 4 nitrogen and oxygen atoms in total. The predicted molar refractivity (Wildman–Crippen MR) is 81.0 cm³/mol. The Morgan fingerprint density at radius 3 is 1.55 bits per heavy atom. The van der Waals surface area contributed by atoms with Crippen LogP contribution in [0, 0.1) is 22.7 Å². The van der Waals surface area contributed by atoms with Crippen molar-refractivity contribution in [2.24, 2.45) is 0 Å². The van der Waals surface area contributed by atoms with Crippen molar-refractivity contribution in [1.82, 2.24) is 9.80 Å². The van der Waals surface area contributed by atoms with Gasteiger partial charge in [0, 0.05) is 38.0 Å². The third kappa shape index (κ3) is 5.12. The quantitative estimate of drug-likeness (QED) is 0.640.